The van der Waals surface area contributed by atoms with Crippen molar-refractivity contribution in [1.29, 1.82) is 0 Å². The van der Waals surface area contributed by atoms with Crippen LogP contribution in [0.2, 0.25) is 0 Å². The van der Waals surface area contributed by atoms with Gasteiger partial charge < -0.3 is 19.7 Å². The number of carbonyl (C=O) groups excluding carboxylic acids is 1. The number of anilines is 2. The fourth-order valence-electron chi connectivity index (χ4n) is 2.32. The monoisotopic (exact) mass is 354 g/mol. The van der Waals surface area contributed by atoms with Crippen molar-refractivity contribution in [2.24, 2.45) is 0 Å². The zero-order valence-corrected chi connectivity index (χ0v) is 15.8. The van der Waals surface area contributed by atoms with Crippen LogP contribution in [-0.4, -0.2) is 33.7 Å². The lowest BCUT2D eigenvalue weighted by molar-refractivity contribution is -0.111. The number of nitrogens with one attached hydrogen (secondary N) is 1. The van der Waals surface area contributed by atoms with Crippen molar-refractivity contribution < 1.29 is 14.3 Å². The van der Waals surface area contributed by atoms with Gasteiger partial charge in [-0.25, -0.2) is 0 Å². The molecule has 0 aromatic heterocycles. The maximum atomic E-state index is 12.1. The smallest absolute Gasteiger partial charge is 0.248 e. The fourth-order valence-corrected chi connectivity index (χ4v) is 2.32. The van der Waals surface area contributed by atoms with Gasteiger partial charge in [0.15, 0.2) is 11.5 Å². The van der Waals surface area contributed by atoms with Crippen LogP contribution in [-0.2, 0) is 4.79 Å². The summed E-state index contributed by atoms with van der Waals surface area (Å²) >= 11 is 0. The summed E-state index contributed by atoms with van der Waals surface area (Å²) in [6.45, 7) is 2.69. The molecular formula is C21H26N2O3. The minimum atomic E-state index is -0.187. The third-order valence-electron chi connectivity index (χ3n) is 3.73. The van der Waals surface area contributed by atoms with Gasteiger partial charge in [-0.2, -0.15) is 0 Å². The lowest BCUT2D eigenvalue weighted by atomic mass is 10.2. The lowest BCUT2D eigenvalue weighted by Gasteiger charge is -2.12. The Bertz CT molecular complexity index is 752. The molecule has 0 bridgehead atoms. The molecule has 0 fully saturated rings. The maximum Gasteiger partial charge on any atom is 0.248 e. The first-order valence-corrected chi connectivity index (χ1v) is 8.60. The van der Waals surface area contributed by atoms with Crippen molar-refractivity contribution >= 4 is 23.4 Å². The summed E-state index contributed by atoms with van der Waals surface area (Å²) < 4.78 is 11.0. The molecule has 138 valence electrons. The van der Waals surface area contributed by atoms with Crippen LogP contribution in [0.5, 0.6) is 11.5 Å². The first-order chi connectivity index (χ1) is 12.5. The number of hydrogen-bond acceptors (Lipinski definition) is 4. The normalized spacial score (nSPS) is 10.6. The van der Waals surface area contributed by atoms with E-state index in [1.165, 1.54) is 6.08 Å². The minimum absolute atomic E-state index is 0.187. The second kappa shape index (κ2) is 9.51. The van der Waals surface area contributed by atoms with E-state index in [0.717, 1.165) is 23.4 Å². The van der Waals surface area contributed by atoms with E-state index in [1.807, 2.05) is 61.5 Å². The summed E-state index contributed by atoms with van der Waals surface area (Å²) in [6.07, 6.45) is 4.18. The standard InChI is InChI=1S/C21H26N2O3/c1-5-14-26-19-12-6-16(15-20(19)25-4)7-13-21(24)22-17-8-10-18(11-9-17)23(2)3/h6-13,15H,5,14H2,1-4H3,(H,22,24). The van der Waals surface area contributed by atoms with Gasteiger partial charge in [-0.1, -0.05) is 13.0 Å². The van der Waals surface area contributed by atoms with Crippen LogP contribution in [0.4, 0.5) is 11.4 Å². The van der Waals surface area contributed by atoms with E-state index in [4.69, 9.17) is 9.47 Å². The van der Waals surface area contributed by atoms with Gasteiger partial charge in [0.2, 0.25) is 5.91 Å². The van der Waals surface area contributed by atoms with Gasteiger partial charge in [-0.15, -0.1) is 0 Å². The van der Waals surface area contributed by atoms with Gasteiger partial charge in [-0.05, 0) is 54.5 Å². The number of ether oxygens (including phenoxy) is 2. The molecule has 1 amide bonds. The van der Waals surface area contributed by atoms with Crippen molar-refractivity contribution in [3.63, 3.8) is 0 Å². The van der Waals surface area contributed by atoms with Crippen molar-refractivity contribution in [3.05, 3.63) is 54.1 Å². The van der Waals surface area contributed by atoms with E-state index in [1.54, 1.807) is 13.2 Å². The quantitative estimate of drug-likeness (QED) is 0.722. The Morgan fingerprint density at radius 2 is 1.85 bits per heavy atom. The molecule has 2 aromatic carbocycles. The largest absolute Gasteiger partial charge is 0.493 e. The number of rotatable bonds is 8. The van der Waals surface area contributed by atoms with Crippen molar-refractivity contribution in [2.45, 2.75) is 13.3 Å². The summed E-state index contributed by atoms with van der Waals surface area (Å²) in [6, 6.07) is 13.3. The van der Waals surface area contributed by atoms with Gasteiger partial charge >= 0.3 is 0 Å². The van der Waals surface area contributed by atoms with Gasteiger partial charge in [-0.3, -0.25) is 4.79 Å². The molecule has 1 N–H and O–H groups in total. The third-order valence-corrected chi connectivity index (χ3v) is 3.73. The van der Waals surface area contributed by atoms with E-state index in [2.05, 4.69) is 12.2 Å². The minimum Gasteiger partial charge on any atom is -0.493 e. The van der Waals surface area contributed by atoms with E-state index in [0.29, 0.717) is 18.1 Å². The SMILES string of the molecule is CCCOc1ccc(C=CC(=O)Nc2ccc(N(C)C)cc2)cc1OC. The second-order valence-electron chi connectivity index (χ2n) is 6.02. The summed E-state index contributed by atoms with van der Waals surface area (Å²) in [7, 11) is 5.55. The van der Waals surface area contributed by atoms with Crippen LogP contribution < -0.4 is 19.7 Å². The molecule has 0 aliphatic carbocycles. The fraction of sp³-hybridized carbons (Fsp3) is 0.286. The molecule has 5 nitrogen and oxygen atoms in total. The Kier molecular flexibility index (Phi) is 7.09. The van der Waals surface area contributed by atoms with Crippen LogP contribution in [0.25, 0.3) is 6.08 Å². The number of carbonyl (C=O) groups is 1. The van der Waals surface area contributed by atoms with Gasteiger partial charge in [0.05, 0.1) is 13.7 Å². The van der Waals surface area contributed by atoms with Crippen LogP contribution in [0.15, 0.2) is 48.5 Å². The van der Waals surface area contributed by atoms with E-state index >= 15 is 0 Å². The van der Waals surface area contributed by atoms with E-state index in [-0.39, 0.29) is 5.91 Å². The number of amides is 1. The van der Waals surface area contributed by atoms with Crippen molar-refractivity contribution in [2.75, 3.05) is 38.0 Å². The maximum absolute atomic E-state index is 12.1. The highest BCUT2D eigenvalue weighted by atomic mass is 16.5. The molecule has 0 heterocycles. The Hall–Kier alpha value is -2.95. The Morgan fingerprint density at radius 3 is 2.46 bits per heavy atom. The molecule has 0 aliphatic rings. The Balaban J connectivity index is 2.00. The molecule has 0 saturated heterocycles. The number of hydrogen-bond donors (Lipinski definition) is 1. The number of methoxy groups -OCH3 is 1. The zero-order chi connectivity index (χ0) is 18.9. The highest BCUT2D eigenvalue weighted by Crippen LogP contribution is 2.28. The van der Waals surface area contributed by atoms with Crippen LogP contribution in [0.1, 0.15) is 18.9 Å². The molecule has 26 heavy (non-hydrogen) atoms. The summed E-state index contributed by atoms with van der Waals surface area (Å²) in [4.78, 5) is 14.1. The van der Waals surface area contributed by atoms with Crippen LogP contribution >= 0.6 is 0 Å². The highest BCUT2D eigenvalue weighted by Gasteiger charge is 2.05. The Morgan fingerprint density at radius 1 is 1.12 bits per heavy atom. The molecular weight excluding hydrogens is 328 g/mol. The first-order valence-electron chi connectivity index (χ1n) is 8.60. The second-order valence-corrected chi connectivity index (χ2v) is 6.02. The number of benzene rings is 2. The van der Waals surface area contributed by atoms with Crippen molar-refractivity contribution in [3.8, 4) is 11.5 Å². The molecule has 0 aliphatic heterocycles. The average Bonchev–Trinajstić information content (AvgIpc) is 2.65. The lowest BCUT2D eigenvalue weighted by Crippen LogP contribution is -2.10. The predicted molar refractivity (Wildman–Crippen MR) is 107 cm³/mol. The zero-order valence-electron chi connectivity index (χ0n) is 15.8. The molecule has 0 radical (unpaired) electrons. The van der Waals surface area contributed by atoms with Gasteiger partial charge in [0.25, 0.3) is 0 Å². The van der Waals surface area contributed by atoms with Gasteiger partial charge in [0, 0.05) is 31.5 Å². The summed E-state index contributed by atoms with van der Waals surface area (Å²) in [5.41, 5.74) is 2.70. The molecule has 0 atom stereocenters. The van der Waals surface area contributed by atoms with E-state index in [9.17, 15) is 4.79 Å². The molecule has 0 unspecified atom stereocenters. The Labute approximate surface area is 155 Å². The predicted octanol–water partition coefficient (Wildman–Crippen LogP) is 4.20. The summed E-state index contributed by atoms with van der Waals surface area (Å²) in [5.74, 6) is 1.17. The first kappa shape index (κ1) is 19.4. The summed E-state index contributed by atoms with van der Waals surface area (Å²) in [5, 5.41) is 2.85. The number of nitrogens with zero attached hydrogens (tertiary/aromatic N) is 1. The topological polar surface area (TPSA) is 50.8 Å². The van der Waals surface area contributed by atoms with Gasteiger partial charge in [0.1, 0.15) is 0 Å². The van der Waals surface area contributed by atoms with E-state index < -0.39 is 0 Å². The average molecular weight is 354 g/mol. The highest BCUT2D eigenvalue weighted by molar-refractivity contribution is 6.02. The third kappa shape index (κ3) is 5.55. The molecule has 5 heteroatoms. The molecule has 2 rings (SSSR count). The van der Waals surface area contributed by atoms with Crippen LogP contribution in [0.3, 0.4) is 0 Å². The molecule has 0 spiro atoms. The van der Waals surface area contributed by atoms with Crippen molar-refractivity contribution in [1.82, 2.24) is 0 Å². The van der Waals surface area contributed by atoms with Crippen LogP contribution in [0, 0.1) is 0 Å². The molecule has 2 aromatic rings. The molecule has 0 saturated carbocycles.